The van der Waals surface area contributed by atoms with Crippen molar-refractivity contribution in [3.05, 3.63) is 10.0 Å². The molecule has 0 spiro atoms. The molecule has 0 bridgehead atoms. The molecule has 1 saturated heterocycles. The lowest BCUT2D eigenvalue weighted by atomic mass is 10.3. The van der Waals surface area contributed by atoms with E-state index in [1.165, 1.54) is 11.3 Å². The van der Waals surface area contributed by atoms with Crippen LogP contribution in [0.2, 0.25) is 0 Å². The second kappa shape index (κ2) is 6.10. The molecule has 1 aromatic heterocycles. The number of amides is 2. The average molecular weight is 282 g/mol. The van der Waals surface area contributed by atoms with Gasteiger partial charge in [0.05, 0.1) is 0 Å². The van der Waals surface area contributed by atoms with Crippen LogP contribution in [-0.2, 0) is 4.79 Å². The molecule has 1 aliphatic heterocycles. The first-order chi connectivity index (χ1) is 9.11. The molecule has 2 amide bonds. The predicted molar refractivity (Wildman–Crippen MR) is 72.0 cm³/mol. The molecule has 104 valence electrons. The van der Waals surface area contributed by atoms with Crippen LogP contribution in [0.1, 0.15) is 34.6 Å². The normalized spacial score (nSPS) is 16.6. The van der Waals surface area contributed by atoms with Gasteiger partial charge >= 0.3 is 0 Å². The monoisotopic (exact) mass is 282 g/mol. The van der Waals surface area contributed by atoms with E-state index in [2.05, 4.69) is 10.2 Å². The molecule has 0 N–H and O–H groups in total. The highest BCUT2D eigenvalue weighted by Gasteiger charge is 2.26. The second-order valence-corrected chi connectivity index (χ2v) is 5.77. The predicted octanol–water partition coefficient (Wildman–Crippen LogP) is 0.931. The van der Waals surface area contributed by atoms with E-state index in [0.717, 1.165) is 30.9 Å². The number of hydrogen-bond acceptors (Lipinski definition) is 5. The Kier molecular flexibility index (Phi) is 4.47. The molecule has 0 unspecified atom stereocenters. The van der Waals surface area contributed by atoms with E-state index in [-0.39, 0.29) is 18.4 Å². The van der Waals surface area contributed by atoms with Gasteiger partial charge in [-0.25, -0.2) is 0 Å². The van der Waals surface area contributed by atoms with Crippen LogP contribution in [0.15, 0.2) is 0 Å². The van der Waals surface area contributed by atoms with Gasteiger partial charge in [0.2, 0.25) is 10.9 Å². The molecule has 1 aromatic rings. The minimum atomic E-state index is -0.183. The summed E-state index contributed by atoms with van der Waals surface area (Å²) < 4.78 is 0. The fraction of sp³-hybridized carbons (Fsp3) is 0.667. The van der Waals surface area contributed by atoms with Gasteiger partial charge < -0.3 is 9.80 Å². The highest BCUT2D eigenvalue weighted by atomic mass is 32.1. The summed E-state index contributed by atoms with van der Waals surface area (Å²) in [7, 11) is 0. The zero-order chi connectivity index (χ0) is 13.8. The first-order valence-corrected chi connectivity index (χ1v) is 7.30. The maximum absolute atomic E-state index is 12.2. The third-order valence-corrected chi connectivity index (χ3v) is 3.85. The van der Waals surface area contributed by atoms with Crippen molar-refractivity contribution in [3.63, 3.8) is 0 Å². The molecule has 19 heavy (non-hydrogen) atoms. The molecule has 2 heterocycles. The Morgan fingerprint density at radius 2 is 2.16 bits per heavy atom. The van der Waals surface area contributed by atoms with E-state index >= 15 is 0 Å². The summed E-state index contributed by atoms with van der Waals surface area (Å²) in [5, 5.41) is 8.83. The van der Waals surface area contributed by atoms with Crippen molar-refractivity contribution in [1.82, 2.24) is 20.0 Å². The summed E-state index contributed by atoms with van der Waals surface area (Å²) in [4.78, 5) is 27.7. The summed E-state index contributed by atoms with van der Waals surface area (Å²) in [6.07, 6.45) is 1.75. The van der Waals surface area contributed by atoms with Gasteiger partial charge in [-0.15, -0.1) is 10.2 Å². The highest BCUT2D eigenvalue weighted by Crippen LogP contribution is 2.13. The van der Waals surface area contributed by atoms with Gasteiger partial charge in [0, 0.05) is 19.6 Å². The lowest BCUT2D eigenvalue weighted by molar-refractivity contribution is -0.130. The quantitative estimate of drug-likeness (QED) is 0.827. The Labute approximate surface area is 116 Å². The summed E-state index contributed by atoms with van der Waals surface area (Å²) in [6.45, 7) is 6.10. The van der Waals surface area contributed by atoms with Gasteiger partial charge in [-0.3, -0.25) is 9.59 Å². The maximum atomic E-state index is 12.2. The first-order valence-electron chi connectivity index (χ1n) is 6.49. The zero-order valence-electron chi connectivity index (χ0n) is 11.3. The Hall–Kier alpha value is -1.50. The van der Waals surface area contributed by atoms with Crippen LogP contribution in [0, 0.1) is 6.92 Å². The smallest absolute Gasteiger partial charge is 0.285 e. The van der Waals surface area contributed by atoms with Gasteiger partial charge in [0.1, 0.15) is 11.6 Å². The summed E-state index contributed by atoms with van der Waals surface area (Å²) in [5.41, 5.74) is 0. The van der Waals surface area contributed by atoms with Gasteiger partial charge in [0.15, 0.2) is 0 Å². The number of aromatic nitrogens is 2. The van der Waals surface area contributed by atoms with E-state index in [1.807, 2.05) is 18.7 Å². The first kappa shape index (κ1) is 13.9. The molecule has 7 heteroatoms. The average Bonchev–Trinajstić information content (AvgIpc) is 2.73. The molecule has 6 nitrogen and oxygen atoms in total. The van der Waals surface area contributed by atoms with E-state index < -0.39 is 0 Å². The van der Waals surface area contributed by atoms with Crippen molar-refractivity contribution >= 4 is 23.2 Å². The summed E-state index contributed by atoms with van der Waals surface area (Å²) in [6, 6.07) is 0. The minimum Gasteiger partial charge on any atom is -0.341 e. The van der Waals surface area contributed by atoms with E-state index in [0.29, 0.717) is 11.6 Å². The lowest BCUT2D eigenvalue weighted by Crippen LogP contribution is -2.39. The SMILES string of the molecule is CCCN1CCCN(C(=O)c2nnc(C)s2)CC1=O. The molecule has 0 aliphatic carbocycles. The molecule has 1 aliphatic rings. The number of rotatable bonds is 3. The molecule has 0 radical (unpaired) electrons. The summed E-state index contributed by atoms with van der Waals surface area (Å²) in [5.74, 6) is -0.161. The van der Waals surface area contributed by atoms with Crippen molar-refractivity contribution in [2.45, 2.75) is 26.7 Å². The summed E-state index contributed by atoms with van der Waals surface area (Å²) >= 11 is 1.27. The van der Waals surface area contributed by atoms with Crippen LogP contribution in [0.25, 0.3) is 0 Å². The molecule has 1 fully saturated rings. The minimum absolute atomic E-state index is 0.0222. The number of nitrogens with zero attached hydrogens (tertiary/aromatic N) is 4. The van der Waals surface area contributed by atoms with E-state index in [1.54, 1.807) is 4.90 Å². The van der Waals surface area contributed by atoms with Gasteiger partial charge in [0.25, 0.3) is 5.91 Å². The van der Waals surface area contributed by atoms with Crippen molar-refractivity contribution in [3.8, 4) is 0 Å². The number of carbonyl (C=O) groups excluding carboxylic acids is 2. The molecule has 0 aromatic carbocycles. The van der Waals surface area contributed by atoms with Crippen LogP contribution in [-0.4, -0.2) is 58.0 Å². The van der Waals surface area contributed by atoms with Gasteiger partial charge in [-0.1, -0.05) is 18.3 Å². The van der Waals surface area contributed by atoms with Crippen LogP contribution in [0.5, 0.6) is 0 Å². The van der Waals surface area contributed by atoms with Crippen LogP contribution >= 0.6 is 11.3 Å². The molecular weight excluding hydrogens is 264 g/mol. The molecule has 2 rings (SSSR count). The largest absolute Gasteiger partial charge is 0.341 e. The van der Waals surface area contributed by atoms with E-state index in [4.69, 9.17) is 0 Å². The van der Waals surface area contributed by atoms with Crippen molar-refractivity contribution in [1.29, 1.82) is 0 Å². The molecule has 0 saturated carbocycles. The fourth-order valence-electron chi connectivity index (χ4n) is 2.12. The zero-order valence-corrected chi connectivity index (χ0v) is 12.1. The number of carbonyl (C=O) groups is 2. The number of hydrogen-bond donors (Lipinski definition) is 0. The lowest BCUT2D eigenvalue weighted by Gasteiger charge is -2.20. The molecular formula is C12H18N4O2S. The second-order valence-electron chi connectivity index (χ2n) is 4.59. The van der Waals surface area contributed by atoms with Gasteiger partial charge in [-0.05, 0) is 19.8 Å². The number of aryl methyl sites for hydroxylation is 1. The van der Waals surface area contributed by atoms with Crippen LogP contribution in [0.4, 0.5) is 0 Å². The Morgan fingerprint density at radius 3 is 2.79 bits per heavy atom. The van der Waals surface area contributed by atoms with Crippen LogP contribution < -0.4 is 0 Å². The molecule has 0 atom stereocenters. The Balaban J connectivity index is 2.05. The maximum Gasteiger partial charge on any atom is 0.285 e. The third-order valence-electron chi connectivity index (χ3n) is 3.02. The topological polar surface area (TPSA) is 66.4 Å². The highest BCUT2D eigenvalue weighted by molar-refractivity contribution is 7.13. The third kappa shape index (κ3) is 3.28. The van der Waals surface area contributed by atoms with Crippen molar-refractivity contribution in [2.75, 3.05) is 26.2 Å². The van der Waals surface area contributed by atoms with Gasteiger partial charge in [-0.2, -0.15) is 0 Å². The standard InChI is InChI=1S/C12H18N4O2S/c1-3-5-15-6-4-7-16(8-10(15)17)12(18)11-14-13-9(2)19-11/h3-8H2,1-2H3. The van der Waals surface area contributed by atoms with Crippen molar-refractivity contribution in [2.24, 2.45) is 0 Å². The Bertz CT molecular complexity index is 474. The van der Waals surface area contributed by atoms with Crippen molar-refractivity contribution < 1.29 is 9.59 Å². The van der Waals surface area contributed by atoms with E-state index in [9.17, 15) is 9.59 Å². The van der Waals surface area contributed by atoms with Crippen LogP contribution in [0.3, 0.4) is 0 Å². The fourth-order valence-corrected chi connectivity index (χ4v) is 2.78. The Morgan fingerprint density at radius 1 is 1.37 bits per heavy atom.